The van der Waals surface area contributed by atoms with Crippen molar-refractivity contribution in [3.05, 3.63) is 122 Å². The number of phosphoric ester groups is 1. The van der Waals surface area contributed by atoms with E-state index >= 15 is 0 Å². The fourth-order valence-electron chi connectivity index (χ4n) is 8.95. The normalized spacial score (nSPS) is 14.0. The molecule has 0 amide bonds. The van der Waals surface area contributed by atoms with Crippen LogP contribution >= 0.6 is 7.82 Å². The number of allylic oxidation sites excluding steroid dienone is 20. The van der Waals surface area contributed by atoms with Gasteiger partial charge in [-0.05, 0) is 103 Å². The van der Waals surface area contributed by atoms with Crippen LogP contribution in [0.3, 0.4) is 0 Å². The van der Waals surface area contributed by atoms with Gasteiger partial charge in [-0.3, -0.25) is 14.2 Å². The van der Waals surface area contributed by atoms with Crippen LogP contribution in [-0.2, 0) is 32.7 Å². The van der Waals surface area contributed by atoms with Crippen molar-refractivity contribution >= 4 is 19.8 Å². The minimum absolute atomic E-state index is 0.0356. The number of esters is 2. The third kappa shape index (κ3) is 65.6. The number of hydrogen-bond acceptors (Lipinski definition) is 8. The van der Waals surface area contributed by atoms with Crippen molar-refractivity contribution in [3.8, 4) is 0 Å². The SMILES string of the molecule is CC/C=C\C/C=C\C/C=C\C/C=C\C/C=C\C/C=C\CCCCCCCCCCCCCCCCC(=O)OC(COC(=O)CCCCCCCCCCCCCC/C=C\C/C=C\C/C=C\C/C=C\CC)COP(=O)([O-])OCC[N+](C)(C)C. The second-order valence-electron chi connectivity index (χ2n) is 23.1. The van der Waals surface area contributed by atoms with Gasteiger partial charge in [0.15, 0.2) is 6.10 Å². The van der Waals surface area contributed by atoms with Crippen LogP contribution in [0.1, 0.15) is 271 Å². The monoisotopic (exact) mass is 1160 g/mol. The summed E-state index contributed by atoms with van der Waals surface area (Å²) < 4.78 is 34.3. The van der Waals surface area contributed by atoms with Crippen molar-refractivity contribution in [1.82, 2.24) is 0 Å². The van der Waals surface area contributed by atoms with E-state index in [1.165, 1.54) is 135 Å². The molecule has 0 aromatic carbocycles. The van der Waals surface area contributed by atoms with Crippen LogP contribution in [0.5, 0.6) is 0 Å². The molecule has 0 N–H and O–H groups in total. The van der Waals surface area contributed by atoms with Crippen LogP contribution in [0.25, 0.3) is 0 Å². The molecule has 9 nitrogen and oxygen atoms in total. The van der Waals surface area contributed by atoms with Crippen LogP contribution < -0.4 is 4.89 Å². The molecule has 0 saturated heterocycles. The average molecular weight is 1160 g/mol. The van der Waals surface area contributed by atoms with Crippen LogP contribution in [0.15, 0.2) is 122 Å². The summed E-state index contributed by atoms with van der Waals surface area (Å²) in [5.41, 5.74) is 0. The van der Waals surface area contributed by atoms with Crippen molar-refractivity contribution < 1.29 is 42.1 Å². The average Bonchev–Trinajstić information content (AvgIpc) is 3.46. The van der Waals surface area contributed by atoms with Gasteiger partial charge in [-0.1, -0.05) is 277 Å². The summed E-state index contributed by atoms with van der Waals surface area (Å²) in [5, 5.41) is 0. The second kappa shape index (κ2) is 62.0. The maximum Gasteiger partial charge on any atom is 0.306 e. The van der Waals surface area contributed by atoms with Gasteiger partial charge in [0.2, 0.25) is 0 Å². The van der Waals surface area contributed by atoms with Gasteiger partial charge in [0.25, 0.3) is 7.82 Å². The van der Waals surface area contributed by atoms with E-state index in [0.717, 1.165) is 103 Å². The fourth-order valence-corrected chi connectivity index (χ4v) is 9.68. The van der Waals surface area contributed by atoms with Gasteiger partial charge in [-0.15, -0.1) is 0 Å². The van der Waals surface area contributed by atoms with Gasteiger partial charge >= 0.3 is 11.9 Å². The number of ether oxygens (including phenoxy) is 2. The standard InChI is InChI=1S/C72H124NO8P/c1-6-8-10-12-14-16-18-20-22-24-26-28-30-32-33-34-35-36-37-38-39-41-43-45-47-49-51-53-55-57-59-61-63-65-72(75)81-70(69-80-82(76,77)79-67-66-73(3,4)5)68-78-71(74)64-62-60-58-56-54-52-50-48-46-44-42-40-31-29-27-25-23-21-19-17-15-13-11-9-7-2/h8-11,14-17,20-23,26-29,32-33,35-36,70H,6-7,12-13,18-19,24-25,30-31,34,37-69H2,1-5H3/b10-8-,11-9-,16-14-,17-15-,22-20-,23-21-,28-26-,29-27-,33-32-,36-35-. The summed E-state index contributed by atoms with van der Waals surface area (Å²) in [5.74, 6) is -0.835. The summed E-state index contributed by atoms with van der Waals surface area (Å²) in [6, 6.07) is 0. The molecule has 0 rings (SSSR count). The van der Waals surface area contributed by atoms with E-state index in [4.69, 9.17) is 18.5 Å². The molecule has 0 aliphatic rings. The molecule has 0 saturated carbocycles. The molecule has 2 unspecified atom stereocenters. The number of nitrogens with zero attached hydrogens (tertiary/aromatic N) is 1. The molecule has 82 heavy (non-hydrogen) atoms. The van der Waals surface area contributed by atoms with Crippen LogP contribution in [0.4, 0.5) is 0 Å². The van der Waals surface area contributed by atoms with E-state index in [9.17, 15) is 19.0 Å². The topological polar surface area (TPSA) is 111 Å². The lowest BCUT2D eigenvalue weighted by Crippen LogP contribution is -2.37. The van der Waals surface area contributed by atoms with Gasteiger partial charge in [-0.25, -0.2) is 0 Å². The van der Waals surface area contributed by atoms with Crippen molar-refractivity contribution in [3.63, 3.8) is 0 Å². The Morgan fingerprint density at radius 3 is 0.976 bits per heavy atom. The number of quaternary nitrogens is 1. The predicted octanol–water partition coefficient (Wildman–Crippen LogP) is 20.9. The Balaban J connectivity index is 4.09. The first kappa shape index (κ1) is 78.4. The molecule has 0 spiro atoms. The molecule has 0 fully saturated rings. The molecule has 2 atom stereocenters. The predicted molar refractivity (Wildman–Crippen MR) is 351 cm³/mol. The number of phosphoric acid groups is 1. The third-order valence-electron chi connectivity index (χ3n) is 14.0. The second-order valence-corrected chi connectivity index (χ2v) is 24.5. The summed E-state index contributed by atoms with van der Waals surface area (Å²) >= 11 is 0. The maximum absolute atomic E-state index is 12.9. The molecule has 0 heterocycles. The van der Waals surface area contributed by atoms with Crippen molar-refractivity contribution in [2.24, 2.45) is 0 Å². The first-order valence-corrected chi connectivity index (χ1v) is 34.7. The van der Waals surface area contributed by atoms with Crippen molar-refractivity contribution in [1.29, 1.82) is 0 Å². The lowest BCUT2D eigenvalue weighted by Gasteiger charge is -2.28. The van der Waals surface area contributed by atoms with Crippen molar-refractivity contribution in [2.75, 3.05) is 47.5 Å². The first-order chi connectivity index (χ1) is 40.0. The number of likely N-dealkylation sites (N-methyl/N-ethyl adjacent to an activating group) is 1. The molecule has 0 aromatic rings. The van der Waals surface area contributed by atoms with Gasteiger partial charge in [0.05, 0.1) is 27.7 Å². The Kier molecular flexibility index (Phi) is 59.2. The number of carbonyl (C=O) groups is 2. The highest BCUT2D eigenvalue weighted by Crippen LogP contribution is 2.38. The van der Waals surface area contributed by atoms with E-state index in [2.05, 4.69) is 135 Å². The first-order valence-electron chi connectivity index (χ1n) is 33.2. The Morgan fingerprint density at radius 1 is 0.378 bits per heavy atom. The third-order valence-corrected chi connectivity index (χ3v) is 14.9. The maximum atomic E-state index is 12.9. The highest BCUT2D eigenvalue weighted by Gasteiger charge is 2.22. The summed E-state index contributed by atoms with van der Waals surface area (Å²) in [6.07, 6.45) is 88.3. The highest BCUT2D eigenvalue weighted by molar-refractivity contribution is 7.45. The summed E-state index contributed by atoms with van der Waals surface area (Å²) in [4.78, 5) is 38.0. The molecule has 0 aliphatic carbocycles. The van der Waals surface area contributed by atoms with E-state index in [0.29, 0.717) is 17.4 Å². The Labute approximate surface area is 505 Å². The van der Waals surface area contributed by atoms with Crippen LogP contribution in [0, 0.1) is 0 Å². The molecular formula is C72H124NO8P. The quantitative estimate of drug-likeness (QED) is 0.0195. The van der Waals surface area contributed by atoms with Crippen LogP contribution in [0.2, 0.25) is 0 Å². The number of rotatable bonds is 60. The van der Waals surface area contributed by atoms with Gasteiger partial charge in [-0.2, -0.15) is 0 Å². The molecule has 470 valence electrons. The van der Waals surface area contributed by atoms with E-state index in [-0.39, 0.29) is 32.0 Å². The number of unbranched alkanes of at least 4 members (excludes halogenated alkanes) is 26. The summed E-state index contributed by atoms with van der Waals surface area (Å²) in [6.45, 7) is 4.02. The van der Waals surface area contributed by atoms with Gasteiger partial charge in [0, 0.05) is 12.8 Å². The Hall–Kier alpha value is -3.59. The number of hydrogen-bond donors (Lipinski definition) is 0. The Bertz CT molecular complexity index is 1800. The van der Waals surface area contributed by atoms with E-state index in [1.807, 2.05) is 21.1 Å². The minimum atomic E-state index is -4.65. The molecule has 0 aromatic heterocycles. The fraction of sp³-hybridized carbons (Fsp3) is 0.694. The minimum Gasteiger partial charge on any atom is -0.756 e. The zero-order valence-corrected chi connectivity index (χ0v) is 54.3. The highest BCUT2D eigenvalue weighted by atomic mass is 31.2. The lowest BCUT2D eigenvalue weighted by molar-refractivity contribution is -0.870. The molecule has 0 bridgehead atoms. The molecule has 10 heteroatoms. The van der Waals surface area contributed by atoms with Crippen LogP contribution in [-0.4, -0.2) is 70.0 Å². The molecule has 0 aliphatic heterocycles. The Morgan fingerprint density at radius 2 is 0.659 bits per heavy atom. The zero-order chi connectivity index (χ0) is 59.8. The zero-order valence-electron chi connectivity index (χ0n) is 53.4. The van der Waals surface area contributed by atoms with Gasteiger partial charge in [0.1, 0.15) is 19.8 Å². The van der Waals surface area contributed by atoms with E-state index in [1.54, 1.807) is 0 Å². The van der Waals surface area contributed by atoms with Crippen molar-refractivity contribution in [2.45, 2.75) is 277 Å². The molecular weight excluding hydrogens is 1040 g/mol. The number of carbonyl (C=O) groups excluding carboxylic acids is 2. The van der Waals surface area contributed by atoms with Gasteiger partial charge < -0.3 is 27.9 Å². The summed E-state index contributed by atoms with van der Waals surface area (Å²) in [7, 11) is 1.16. The molecule has 0 radical (unpaired) electrons. The lowest BCUT2D eigenvalue weighted by atomic mass is 10.0. The van der Waals surface area contributed by atoms with E-state index < -0.39 is 26.5 Å². The largest absolute Gasteiger partial charge is 0.756 e. The smallest absolute Gasteiger partial charge is 0.306 e.